The Morgan fingerprint density at radius 1 is 1.39 bits per heavy atom. The molecule has 0 saturated heterocycles. The predicted molar refractivity (Wildman–Crippen MR) is 118 cm³/mol. The lowest BCUT2D eigenvalue weighted by Gasteiger charge is -2.41. The number of anilines is 2. The van der Waals surface area contributed by atoms with E-state index in [1.165, 1.54) is 6.08 Å². The monoisotopic (exact) mass is 425 g/mol. The molecule has 1 fully saturated rings. The van der Waals surface area contributed by atoms with Crippen molar-refractivity contribution < 1.29 is 9.53 Å². The molecule has 164 valence electrons. The van der Waals surface area contributed by atoms with Crippen LogP contribution >= 0.6 is 0 Å². The summed E-state index contributed by atoms with van der Waals surface area (Å²) in [6.45, 7) is 6.16. The highest BCUT2D eigenvalue weighted by Crippen LogP contribution is 2.37. The number of aryl methyl sites for hydroxylation is 2. The number of nitrogens with zero attached hydrogens (tertiary/aromatic N) is 6. The van der Waals surface area contributed by atoms with Crippen molar-refractivity contribution in [3.63, 3.8) is 0 Å². The van der Waals surface area contributed by atoms with E-state index in [-0.39, 0.29) is 23.6 Å². The topological polar surface area (TPSA) is 99.2 Å². The van der Waals surface area contributed by atoms with Gasteiger partial charge in [0.05, 0.1) is 25.3 Å². The van der Waals surface area contributed by atoms with E-state index in [4.69, 9.17) is 4.74 Å². The largest absolute Gasteiger partial charge is 0.478 e. The van der Waals surface area contributed by atoms with Crippen LogP contribution in [-0.4, -0.2) is 54.9 Å². The zero-order chi connectivity index (χ0) is 22.3. The maximum absolute atomic E-state index is 13.3. The van der Waals surface area contributed by atoms with E-state index in [0.717, 1.165) is 0 Å². The Balaban J connectivity index is 1.73. The van der Waals surface area contributed by atoms with Gasteiger partial charge in [0.25, 0.3) is 11.4 Å². The van der Waals surface area contributed by atoms with Gasteiger partial charge < -0.3 is 24.1 Å². The Hall–Kier alpha value is -3.56. The Bertz CT molecular complexity index is 1200. The lowest BCUT2D eigenvalue weighted by atomic mass is 9.85. The van der Waals surface area contributed by atoms with Crippen LogP contribution in [0.25, 0.3) is 11.0 Å². The van der Waals surface area contributed by atoms with E-state index in [1.807, 2.05) is 24.7 Å². The zero-order valence-electron chi connectivity index (χ0n) is 18.2. The molecule has 10 heteroatoms. The summed E-state index contributed by atoms with van der Waals surface area (Å²) in [5, 5.41) is 7.61. The number of carbonyl (C=O) groups is 1. The molecule has 0 aliphatic heterocycles. The standard InChI is InChI=1S/C21H27N7O3/c1-6-17(29)26(4)13-8-14(9-13)28-11-15(23-16-10-25(3)24-20(16)31-5)18-19(21(28)30)27(7-2)12-22-18/h6,10-14,23H,1,7-9H2,2-5H3. The highest BCUT2D eigenvalue weighted by Gasteiger charge is 2.36. The van der Waals surface area contributed by atoms with E-state index < -0.39 is 0 Å². The molecule has 3 aromatic heterocycles. The Kier molecular flexibility index (Phi) is 5.30. The van der Waals surface area contributed by atoms with E-state index in [2.05, 4.69) is 22.0 Å². The summed E-state index contributed by atoms with van der Waals surface area (Å²) in [5.41, 5.74) is 2.45. The van der Waals surface area contributed by atoms with Crippen molar-refractivity contribution in [2.75, 3.05) is 19.5 Å². The van der Waals surface area contributed by atoms with Crippen LogP contribution in [0.2, 0.25) is 0 Å². The number of imidazole rings is 1. The van der Waals surface area contributed by atoms with Gasteiger partial charge in [-0.25, -0.2) is 4.98 Å². The van der Waals surface area contributed by atoms with Gasteiger partial charge >= 0.3 is 0 Å². The molecule has 3 aromatic rings. The molecule has 1 aliphatic rings. The molecule has 0 bridgehead atoms. The van der Waals surface area contributed by atoms with Crippen LogP contribution in [0.4, 0.5) is 11.4 Å². The predicted octanol–water partition coefficient (Wildman–Crippen LogP) is 2.05. The number of hydrogen-bond donors (Lipinski definition) is 1. The van der Waals surface area contributed by atoms with E-state index in [0.29, 0.717) is 47.7 Å². The fourth-order valence-electron chi connectivity index (χ4n) is 4.06. The van der Waals surface area contributed by atoms with E-state index in [9.17, 15) is 9.59 Å². The number of likely N-dealkylation sites (N-methyl/N-ethyl adjacent to an activating group) is 1. The van der Waals surface area contributed by atoms with Gasteiger partial charge in [0.2, 0.25) is 5.91 Å². The number of methoxy groups -OCH3 is 1. The van der Waals surface area contributed by atoms with Crippen molar-refractivity contribution in [1.29, 1.82) is 0 Å². The van der Waals surface area contributed by atoms with Gasteiger partial charge in [-0.3, -0.25) is 14.3 Å². The fraction of sp³-hybridized carbons (Fsp3) is 0.429. The molecular formula is C21H27N7O3. The zero-order valence-corrected chi connectivity index (χ0v) is 18.2. The molecule has 1 N–H and O–H groups in total. The first-order valence-corrected chi connectivity index (χ1v) is 10.2. The summed E-state index contributed by atoms with van der Waals surface area (Å²) in [6.07, 6.45) is 8.03. The van der Waals surface area contributed by atoms with Gasteiger partial charge in [-0.2, -0.15) is 0 Å². The molecule has 0 spiro atoms. The highest BCUT2D eigenvalue weighted by atomic mass is 16.5. The second-order valence-electron chi connectivity index (χ2n) is 7.77. The SMILES string of the molecule is C=CC(=O)N(C)C1CC(n2cc(Nc3cn(C)nc3OC)c3ncn(CC)c3c2=O)C1. The minimum Gasteiger partial charge on any atom is -0.478 e. The molecule has 0 unspecified atom stereocenters. The average Bonchev–Trinajstić information content (AvgIpc) is 3.32. The summed E-state index contributed by atoms with van der Waals surface area (Å²) in [5.74, 6) is 0.345. The summed E-state index contributed by atoms with van der Waals surface area (Å²) >= 11 is 0. The molecule has 31 heavy (non-hydrogen) atoms. The number of pyridine rings is 1. The van der Waals surface area contributed by atoms with Crippen LogP contribution in [0, 0.1) is 0 Å². The van der Waals surface area contributed by atoms with Gasteiger partial charge in [-0.05, 0) is 25.8 Å². The number of aromatic nitrogens is 5. The van der Waals surface area contributed by atoms with Crippen molar-refractivity contribution in [2.24, 2.45) is 7.05 Å². The third-order valence-electron chi connectivity index (χ3n) is 5.95. The summed E-state index contributed by atoms with van der Waals surface area (Å²) in [7, 11) is 5.14. The van der Waals surface area contributed by atoms with Crippen molar-refractivity contribution >= 4 is 28.3 Å². The number of carbonyl (C=O) groups excluding carboxylic acids is 1. The molecular weight excluding hydrogens is 398 g/mol. The van der Waals surface area contributed by atoms with Crippen LogP contribution in [0.15, 0.2) is 36.2 Å². The van der Waals surface area contributed by atoms with Crippen molar-refractivity contribution in [2.45, 2.75) is 38.4 Å². The minimum absolute atomic E-state index is 0.00137. The Morgan fingerprint density at radius 2 is 2.13 bits per heavy atom. The third-order valence-corrected chi connectivity index (χ3v) is 5.95. The normalized spacial score (nSPS) is 17.9. The number of fused-ring (bicyclic) bond motifs is 1. The van der Waals surface area contributed by atoms with Crippen LogP contribution in [0.5, 0.6) is 5.88 Å². The number of amides is 1. The third kappa shape index (κ3) is 3.47. The van der Waals surface area contributed by atoms with Gasteiger partial charge in [-0.15, -0.1) is 5.10 Å². The smallest absolute Gasteiger partial charge is 0.277 e. The molecule has 0 atom stereocenters. The summed E-state index contributed by atoms with van der Waals surface area (Å²) < 4.78 is 10.6. The van der Waals surface area contributed by atoms with E-state index in [1.54, 1.807) is 40.8 Å². The van der Waals surface area contributed by atoms with Crippen LogP contribution in [0.1, 0.15) is 25.8 Å². The first-order valence-electron chi connectivity index (χ1n) is 10.2. The molecule has 0 radical (unpaired) electrons. The van der Waals surface area contributed by atoms with Crippen molar-refractivity contribution in [3.8, 4) is 5.88 Å². The highest BCUT2D eigenvalue weighted by molar-refractivity contribution is 5.90. The summed E-state index contributed by atoms with van der Waals surface area (Å²) in [6, 6.07) is 0.0857. The van der Waals surface area contributed by atoms with Gasteiger partial charge in [-0.1, -0.05) is 6.58 Å². The quantitative estimate of drug-likeness (QED) is 0.582. The average molecular weight is 425 g/mol. The first kappa shape index (κ1) is 20.7. The minimum atomic E-state index is -0.110. The number of ether oxygens (including phenoxy) is 1. The number of hydrogen-bond acceptors (Lipinski definition) is 6. The van der Waals surface area contributed by atoms with Gasteiger partial charge in [0.15, 0.2) is 0 Å². The number of rotatable bonds is 7. The lowest BCUT2D eigenvalue weighted by Crippen LogP contribution is -2.47. The number of nitrogens with one attached hydrogen (secondary N) is 1. The Labute approximate surface area is 179 Å². The van der Waals surface area contributed by atoms with Crippen LogP contribution in [-0.2, 0) is 18.4 Å². The van der Waals surface area contributed by atoms with Crippen molar-refractivity contribution in [1.82, 2.24) is 28.8 Å². The van der Waals surface area contributed by atoms with Gasteiger partial charge in [0.1, 0.15) is 16.7 Å². The second kappa shape index (κ2) is 7.93. The maximum Gasteiger partial charge on any atom is 0.277 e. The molecule has 1 aliphatic carbocycles. The molecule has 0 aromatic carbocycles. The van der Waals surface area contributed by atoms with Crippen LogP contribution < -0.4 is 15.6 Å². The van der Waals surface area contributed by atoms with Gasteiger partial charge in [0, 0.05) is 38.9 Å². The maximum atomic E-state index is 13.3. The van der Waals surface area contributed by atoms with Crippen molar-refractivity contribution in [3.05, 3.63) is 41.7 Å². The molecule has 1 amide bonds. The van der Waals surface area contributed by atoms with Crippen LogP contribution in [0.3, 0.4) is 0 Å². The second-order valence-corrected chi connectivity index (χ2v) is 7.77. The summed E-state index contributed by atoms with van der Waals surface area (Å²) in [4.78, 5) is 31.4. The molecule has 1 saturated carbocycles. The lowest BCUT2D eigenvalue weighted by molar-refractivity contribution is -0.129. The molecule has 10 nitrogen and oxygen atoms in total. The van der Waals surface area contributed by atoms with E-state index >= 15 is 0 Å². The Morgan fingerprint density at radius 3 is 2.77 bits per heavy atom. The first-order chi connectivity index (χ1) is 14.9. The fourth-order valence-corrected chi connectivity index (χ4v) is 4.06. The molecule has 3 heterocycles. The molecule has 4 rings (SSSR count).